The summed E-state index contributed by atoms with van der Waals surface area (Å²) in [6.07, 6.45) is 0. The van der Waals surface area contributed by atoms with E-state index in [2.05, 4.69) is 48.5 Å². The molecule has 4 rings (SSSR count). The number of halogens is 2. The zero-order valence-corrected chi connectivity index (χ0v) is 20.4. The molecule has 0 radical (unpaired) electrons. The van der Waals surface area contributed by atoms with Crippen molar-refractivity contribution in [2.75, 3.05) is 0 Å². The molecule has 0 aliphatic heterocycles. The zero-order chi connectivity index (χ0) is 18.5. The van der Waals surface area contributed by atoms with Crippen molar-refractivity contribution in [2.24, 2.45) is 0 Å². The van der Waals surface area contributed by atoms with Gasteiger partial charge in [0.15, 0.2) is 0 Å². The molecule has 0 amide bonds. The molecule has 0 aliphatic carbocycles. The van der Waals surface area contributed by atoms with Crippen molar-refractivity contribution in [1.29, 1.82) is 0 Å². The smallest absolute Gasteiger partial charge is 0.172 e. The molecule has 4 aromatic carbocycles. The van der Waals surface area contributed by atoms with Gasteiger partial charge < -0.3 is 0 Å². The summed E-state index contributed by atoms with van der Waals surface area (Å²) in [5, 5.41) is 2.68. The van der Waals surface area contributed by atoms with Gasteiger partial charge in [-0.2, -0.15) is 36.4 Å². The van der Waals surface area contributed by atoms with Gasteiger partial charge in [-0.25, -0.2) is 24.3 Å². The summed E-state index contributed by atoms with van der Waals surface area (Å²) in [5.74, 6) is 0. The molecule has 0 atom stereocenters. The van der Waals surface area contributed by atoms with Crippen LogP contribution >= 0.6 is 17.2 Å². The summed E-state index contributed by atoms with van der Waals surface area (Å²) in [5.41, 5.74) is -0.873. The summed E-state index contributed by atoms with van der Waals surface area (Å²) in [7, 11) is 12.7. The molecule has 0 nitrogen and oxygen atoms in total. The quantitative estimate of drug-likeness (QED) is 0.223. The van der Waals surface area contributed by atoms with E-state index >= 15 is 0 Å². The van der Waals surface area contributed by atoms with Gasteiger partial charge in [-0.15, -0.1) is 0 Å². The van der Waals surface area contributed by atoms with Crippen LogP contribution in [0.2, 0.25) is 0 Å². The van der Waals surface area contributed by atoms with Crippen LogP contribution in [0.3, 0.4) is 0 Å². The Bertz CT molecular complexity index is 734. The maximum atomic E-state index is 6.34. The van der Waals surface area contributed by atoms with Crippen LogP contribution in [0.4, 0.5) is 0 Å². The molecule has 0 unspecified atom stereocenters. The van der Waals surface area contributed by atoms with Crippen molar-refractivity contribution in [2.45, 2.75) is 0 Å². The van der Waals surface area contributed by atoms with E-state index in [0.29, 0.717) is 0 Å². The summed E-state index contributed by atoms with van der Waals surface area (Å²) in [6.45, 7) is 0. The Morgan fingerprint density at radius 2 is 0.885 bits per heavy atom. The second kappa shape index (κ2) is 13.0. The van der Waals surface area contributed by atoms with Crippen LogP contribution in [0.1, 0.15) is 0 Å². The van der Waals surface area contributed by atoms with E-state index in [9.17, 15) is 0 Å². The first kappa shape index (κ1) is 21.1. The van der Waals surface area contributed by atoms with Gasteiger partial charge in [0, 0.05) is 0 Å². The molecule has 0 bridgehead atoms. The Labute approximate surface area is 171 Å². The minimum Gasteiger partial charge on any atom is -0.214 e. The van der Waals surface area contributed by atoms with E-state index in [1.54, 1.807) is 0 Å². The van der Waals surface area contributed by atoms with Crippen LogP contribution in [0.5, 0.6) is 0 Å². The molecule has 4 heteroatoms. The van der Waals surface area contributed by atoms with Crippen LogP contribution in [0, 0.1) is 0 Å². The molecule has 26 heavy (non-hydrogen) atoms. The third kappa shape index (κ3) is 8.01. The average molecular weight is 562 g/mol. The fourth-order valence-corrected chi connectivity index (χ4v) is 23.1. The monoisotopic (exact) mass is 562 g/mol. The third-order valence-corrected chi connectivity index (χ3v) is 25.2. The van der Waals surface area contributed by atoms with E-state index in [0.717, 1.165) is 0 Å². The van der Waals surface area contributed by atoms with Crippen molar-refractivity contribution < 1.29 is 17.7 Å². The van der Waals surface area contributed by atoms with Gasteiger partial charge in [-0.1, -0.05) is 0 Å². The van der Waals surface area contributed by atoms with Crippen molar-refractivity contribution in [3.8, 4) is 0 Å². The van der Waals surface area contributed by atoms with E-state index in [1.165, 1.54) is 10.4 Å². The molecule has 0 saturated carbocycles. The fraction of sp³-hybridized carbons (Fsp3) is 0. The molecule has 4 aromatic rings. The van der Waals surface area contributed by atoms with Crippen molar-refractivity contribution in [3.05, 3.63) is 121 Å². The normalized spacial score (nSPS) is 9.15. The van der Waals surface area contributed by atoms with Gasteiger partial charge in [0.2, 0.25) is 0 Å². The van der Waals surface area contributed by atoms with Crippen LogP contribution in [0.25, 0.3) is 0 Å². The molecule has 0 aliphatic rings. The Kier molecular flexibility index (Phi) is 10.6. The first-order valence-corrected chi connectivity index (χ1v) is 24.1. The van der Waals surface area contributed by atoms with Crippen molar-refractivity contribution >= 4 is 33.0 Å². The van der Waals surface area contributed by atoms with Crippen LogP contribution in [-0.2, 0) is 17.7 Å². The molecule has 0 aromatic heterocycles. The molecular formula is C22H20Cl2HfSi-2. The maximum Gasteiger partial charge on any atom is -0.172 e. The molecule has 0 N–H and O–H groups in total. The fourth-order valence-electron chi connectivity index (χ4n) is 2.24. The number of hydrogen-bond acceptors (Lipinski definition) is 0. The summed E-state index contributed by atoms with van der Waals surface area (Å²) in [6, 6.07) is 40.9. The number of benzene rings is 2. The second-order valence-corrected chi connectivity index (χ2v) is 31.5. The Morgan fingerprint density at radius 3 is 1.12 bits per heavy atom. The van der Waals surface area contributed by atoms with E-state index in [4.69, 9.17) is 17.2 Å². The SMILES string of the molecule is [Cl][Hf]([Cl])=[Si](c1ccccc1)c1ccccc1.c1cc[cH-]c1.c1cc[cH-]c1. The predicted molar refractivity (Wildman–Crippen MR) is 114 cm³/mol. The molecule has 132 valence electrons. The molecule has 0 saturated heterocycles. The van der Waals surface area contributed by atoms with Crippen LogP contribution in [0.15, 0.2) is 121 Å². The first-order valence-electron chi connectivity index (χ1n) is 8.28. The molecule has 0 fully saturated rings. The predicted octanol–water partition coefficient (Wildman–Crippen LogP) is 5.53. The average Bonchev–Trinajstić information content (AvgIpc) is 3.42. The minimum atomic E-state index is -2.41. The van der Waals surface area contributed by atoms with Gasteiger partial charge >= 0.3 is 111 Å². The van der Waals surface area contributed by atoms with E-state index in [1.807, 2.05) is 72.8 Å². The summed E-state index contributed by atoms with van der Waals surface area (Å²) >= 11 is -2.41. The maximum absolute atomic E-state index is 6.34. The zero-order valence-electron chi connectivity index (χ0n) is 14.3. The Morgan fingerprint density at radius 1 is 0.538 bits per heavy atom. The minimum absolute atomic E-state index is 0.873. The van der Waals surface area contributed by atoms with Gasteiger partial charge in [0.1, 0.15) is 0 Å². The molecule has 0 spiro atoms. The third-order valence-electron chi connectivity index (χ3n) is 3.43. The van der Waals surface area contributed by atoms with Gasteiger partial charge in [0.25, 0.3) is 0 Å². The topological polar surface area (TPSA) is 0 Å². The number of rotatable bonds is 2. The summed E-state index contributed by atoms with van der Waals surface area (Å²) < 4.78 is 0. The molecule has 0 heterocycles. The van der Waals surface area contributed by atoms with Crippen molar-refractivity contribution in [3.63, 3.8) is 0 Å². The Hall–Kier alpha value is -1.19. The van der Waals surface area contributed by atoms with Gasteiger partial charge in [-0.3, -0.25) is 0 Å². The van der Waals surface area contributed by atoms with Crippen molar-refractivity contribution in [1.82, 2.24) is 0 Å². The Balaban J connectivity index is 0.000000196. The van der Waals surface area contributed by atoms with Gasteiger partial charge in [0.05, 0.1) is 0 Å². The van der Waals surface area contributed by atoms with Crippen LogP contribution < -0.4 is 10.4 Å². The van der Waals surface area contributed by atoms with Gasteiger partial charge in [-0.05, 0) is 0 Å². The second-order valence-electron chi connectivity index (χ2n) is 5.29. The first-order chi connectivity index (χ1) is 12.8. The molecular weight excluding hydrogens is 542 g/mol. The standard InChI is InChI=1S/C12H10Si.2C5H5.2ClH.Hf/c1-3-7-11(8-4-1)13-12-9-5-2-6-10-12;2*1-2-4-5-3-1;;;/h1-10H;2*1-5H;2*1H;/q;2*-1;;;+2/p-2. The number of hydrogen-bond donors (Lipinski definition) is 0. The van der Waals surface area contributed by atoms with E-state index in [-0.39, 0.29) is 0 Å². The largest absolute Gasteiger partial charge is 0.214 e. The summed E-state index contributed by atoms with van der Waals surface area (Å²) in [4.78, 5) is 0. The van der Waals surface area contributed by atoms with E-state index < -0.39 is 23.2 Å². The van der Waals surface area contributed by atoms with Crippen LogP contribution in [-0.4, -0.2) is 5.49 Å².